The van der Waals surface area contributed by atoms with Crippen LogP contribution in [0.1, 0.15) is 28.4 Å². The lowest BCUT2D eigenvalue weighted by molar-refractivity contribution is 0.193. The maximum atomic E-state index is 13.5. The van der Waals surface area contributed by atoms with Crippen LogP contribution >= 0.6 is 11.6 Å². The van der Waals surface area contributed by atoms with E-state index in [-0.39, 0.29) is 12.1 Å². The van der Waals surface area contributed by atoms with Crippen LogP contribution in [0.3, 0.4) is 0 Å². The molecule has 0 radical (unpaired) electrons. The van der Waals surface area contributed by atoms with Crippen LogP contribution in [0, 0.1) is 6.92 Å². The molecule has 0 bridgehead atoms. The van der Waals surface area contributed by atoms with Crippen molar-refractivity contribution in [3.8, 4) is 5.75 Å². The fourth-order valence-electron chi connectivity index (χ4n) is 4.52. The molecular weight excluding hydrogens is 422 g/mol. The Morgan fingerprint density at radius 2 is 1.91 bits per heavy atom. The zero-order valence-electron chi connectivity index (χ0n) is 18.0. The number of anilines is 1. The van der Waals surface area contributed by atoms with E-state index in [4.69, 9.17) is 16.3 Å². The monoisotopic (exact) mass is 445 g/mol. The summed E-state index contributed by atoms with van der Waals surface area (Å²) in [5.41, 5.74) is 6.23. The van der Waals surface area contributed by atoms with Crippen molar-refractivity contribution < 1.29 is 9.53 Å². The lowest BCUT2D eigenvalue weighted by Gasteiger charge is -2.36. The standard InChI is InChI=1S/C26H24ClN3O2/c1-16-7-9-17(10-8-16)25-24-20(19-5-3-4-6-21(19)28-24)13-14-30(25)26(31)29-22-15-18(27)11-12-23(22)32-2/h3-12,15,25,28H,13-14H2,1-2H3,(H,29,31)/t25-/m1/s1. The average Bonchev–Trinajstić information content (AvgIpc) is 3.18. The number of fused-ring (bicyclic) bond motifs is 3. The third-order valence-corrected chi connectivity index (χ3v) is 6.33. The number of nitrogens with one attached hydrogen (secondary N) is 2. The molecule has 6 heteroatoms. The van der Waals surface area contributed by atoms with Gasteiger partial charge in [-0.1, -0.05) is 59.6 Å². The van der Waals surface area contributed by atoms with E-state index in [1.807, 2.05) is 11.0 Å². The van der Waals surface area contributed by atoms with Gasteiger partial charge in [-0.25, -0.2) is 4.79 Å². The number of amides is 2. The predicted molar refractivity (Wildman–Crippen MR) is 129 cm³/mol. The van der Waals surface area contributed by atoms with E-state index in [1.54, 1.807) is 25.3 Å². The van der Waals surface area contributed by atoms with Gasteiger partial charge in [0, 0.05) is 28.2 Å². The van der Waals surface area contributed by atoms with Gasteiger partial charge in [-0.05, 0) is 48.7 Å². The highest BCUT2D eigenvalue weighted by Gasteiger charge is 2.34. The minimum atomic E-state index is -0.225. The van der Waals surface area contributed by atoms with Crippen molar-refractivity contribution in [2.45, 2.75) is 19.4 Å². The van der Waals surface area contributed by atoms with Crippen LogP contribution in [0.15, 0.2) is 66.7 Å². The number of hydrogen-bond acceptors (Lipinski definition) is 2. The number of H-pyrrole nitrogens is 1. The SMILES string of the molecule is COc1ccc(Cl)cc1NC(=O)N1CCc2c([nH]c3ccccc23)[C@H]1c1ccc(C)cc1. The van der Waals surface area contributed by atoms with E-state index in [1.165, 1.54) is 16.5 Å². The zero-order chi connectivity index (χ0) is 22.2. The number of carbonyl (C=O) groups excluding carboxylic acids is 1. The molecule has 1 atom stereocenters. The van der Waals surface area contributed by atoms with Gasteiger partial charge in [0.15, 0.2) is 0 Å². The highest BCUT2D eigenvalue weighted by Crippen LogP contribution is 2.39. The third kappa shape index (κ3) is 3.59. The first kappa shape index (κ1) is 20.5. The Balaban J connectivity index is 1.57. The van der Waals surface area contributed by atoms with Crippen molar-refractivity contribution in [3.63, 3.8) is 0 Å². The van der Waals surface area contributed by atoms with Gasteiger partial charge in [0.05, 0.1) is 18.8 Å². The first-order valence-electron chi connectivity index (χ1n) is 10.6. The molecule has 2 N–H and O–H groups in total. The van der Waals surface area contributed by atoms with Crippen LogP contribution in [-0.4, -0.2) is 29.6 Å². The molecule has 162 valence electrons. The van der Waals surface area contributed by atoms with Crippen LogP contribution in [-0.2, 0) is 6.42 Å². The number of aryl methyl sites for hydroxylation is 1. The first-order chi connectivity index (χ1) is 15.5. The van der Waals surface area contributed by atoms with Crippen LogP contribution in [0.2, 0.25) is 5.02 Å². The largest absolute Gasteiger partial charge is 0.495 e. The molecule has 0 aliphatic carbocycles. The van der Waals surface area contributed by atoms with Crippen molar-refractivity contribution >= 4 is 34.2 Å². The van der Waals surface area contributed by atoms with Gasteiger partial charge in [-0.2, -0.15) is 0 Å². The maximum absolute atomic E-state index is 13.5. The predicted octanol–water partition coefficient (Wildman–Crippen LogP) is 6.32. The summed E-state index contributed by atoms with van der Waals surface area (Å²) in [4.78, 5) is 19.0. The van der Waals surface area contributed by atoms with Gasteiger partial charge in [0.2, 0.25) is 0 Å². The topological polar surface area (TPSA) is 57.4 Å². The Kier molecular flexibility index (Phi) is 5.27. The Bertz CT molecular complexity index is 1300. The number of aromatic nitrogens is 1. The molecule has 3 aromatic carbocycles. The van der Waals surface area contributed by atoms with Crippen LogP contribution in [0.25, 0.3) is 10.9 Å². The molecule has 2 heterocycles. The number of rotatable bonds is 3. The minimum Gasteiger partial charge on any atom is -0.495 e. The number of hydrogen-bond donors (Lipinski definition) is 2. The quantitative estimate of drug-likeness (QED) is 0.387. The van der Waals surface area contributed by atoms with Crippen molar-refractivity contribution in [1.29, 1.82) is 0 Å². The number of carbonyl (C=O) groups is 1. The van der Waals surface area contributed by atoms with Crippen LogP contribution < -0.4 is 10.1 Å². The molecule has 0 unspecified atom stereocenters. The number of ether oxygens (including phenoxy) is 1. The smallest absolute Gasteiger partial charge is 0.322 e. The fraction of sp³-hybridized carbons (Fsp3) is 0.192. The molecule has 0 fully saturated rings. The molecule has 1 aliphatic rings. The lowest BCUT2D eigenvalue weighted by Crippen LogP contribution is -2.43. The number of urea groups is 1. The molecule has 32 heavy (non-hydrogen) atoms. The molecule has 0 saturated heterocycles. The van der Waals surface area contributed by atoms with E-state index in [0.29, 0.717) is 23.0 Å². The number of methoxy groups -OCH3 is 1. The number of para-hydroxylation sites is 1. The highest BCUT2D eigenvalue weighted by atomic mass is 35.5. The van der Waals surface area contributed by atoms with Crippen molar-refractivity contribution in [2.24, 2.45) is 0 Å². The van der Waals surface area contributed by atoms with Crippen LogP contribution in [0.5, 0.6) is 5.75 Å². The number of aromatic amines is 1. The molecule has 4 aromatic rings. The van der Waals surface area contributed by atoms with Gasteiger partial charge >= 0.3 is 6.03 Å². The van der Waals surface area contributed by atoms with Gasteiger partial charge in [-0.3, -0.25) is 0 Å². The first-order valence-corrected chi connectivity index (χ1v) is 11.0. The van der Waals surface area contributed by atoms with Crippen LogP contribution in [0.4, 0.5) is 10.5 Å². The zero-order valence-corrected chi connectivity index (χ0v) is 18.7. The van der Waals surface area contributed by atoms with Crippen molar-refractivity contribution in [3.05, 3.63) is 94.1 Å². The van der Waals surface area contributed by atoms with Gasteiger partial charge in [0.1, 0.15) is 5.75 Å². The summed E-state index contributed by atoms with van der Waals surface area (Å²) in [7, 11) is 1.58. The summed E-state index contributed by atoms with van der Waals surface area (Å²) < 4.78 is 5.41. The highest BCUT2D eigenvalue weighted by molar-refractivity contribution is 6.31. The van der Waals surface area contributed by atoms with E-state index in [9.17, 15) is 4.79 Å². The molecular formula is C26H24ClN3O2. The second-order valence-corrected chi connectivity index (χ2v) is 8.53. The summed E-state index contributed by atoms with van der Waals surface area (Å²) in [5.74, 6) is 0.568. The molecule has 0 saturated carbocycles. The van der Waals surface area contributed by atoms with E-state index in [0.717, 1.165) is 23.2 Å². The third-order valence-electron chi connectivity index (χ3n) is 6.09. The minimum absolute atomic E-state index is 0.194. The van der Waals surface area contributed by atoms with E-state index < -0.39 is 0 Å². The van der Waals surface area contributed by atoms with Gasteiger partial charge in [-0.15, -0.1) is 0 Å². The Morgan fingerprint density at radius 1 is 1.12 bits per heavy atom. The van der Waals surface area contributed by atoms with E-state index in [2.05, 4.69) is 59.7 Å². The van der Waals surface area contributed by atoms with Gasteiger partial charge < -0.3 is 19.9 Å². The second-order valence-electron chi connectivity index (χ2n) is 8.09. The van der Waals surface area contributed by atoms with Crippen molar-refractivity contribution in [1.82, 2.24) is 9.88 Å². The molecule has 5 nitrogen and oxygen atoms in total. The summed E-state index contributed by atoms with van der Waals surface area (Å²) >= 11 is 6.17. The number of nitrogens with zero attached hydrogens (tertiary/aromatic N) is 1. The van der Waals surface area contributed by atoms with E-state index >= 15 is 0 Å². The number of benzene rings is 3. The second kappa shape index (κ2) is 8.24. The summed E-state index contributed by atoms with van der Waals surface area (Å²) in [6, 6.07) is 21.5. The fourth-order valence-corrected chi connectivity index (χ4v) is 4.69. The summed E-state index contributed by atoms with van der Waals surface area (Å²) in [6.07, 6.45) is 0.780. The molecule has 1 aromatic heterocycles. The Labute approximate surface area is 192 Å². The van der Waals surface area contributed by atoms with Gasteiger partial charge in [0.25, 0.3) is 0 Å². The molecule has 2 amide bonds. The van der Waals surface area contributed by atoms with Crippen molar-refractivity contribution in [2.75, 3.05) is 19.0 Å². The summed E-state index contributed by atoms with van der Waals surface area (Å²) in [5, 5.41) is 4.76. The Morgan fingerprint density at radius 3 is 2.69 bits per heavy atom. The Hall–Kier alpha value is -3.44. The molecule has 0 spiro atoms. The molecule has 1 aliphatic heterocycles. The number of halogens is 1. The molecule has 5 rings (SSSR count). The normalized spacial score (nSPS) is 15.5. The maximum Gasteiger partial charge on any atom is 0.322 e. The average molecular weight is 446 g/mol. The lowest BCUT2D eigenvalue weighted by atomic mass is 9.92. The summed E-state index contributed by atoms with van der Waals surface area (Å²) in [6.45, 7) is 2.66.